The molecule has 7 nitrogen and oxygen atoms in total. The third kappa shape index (κ3) is 6.18. The summed E-state index contributed by atoms with van der Waals surface area (Å²) in [6, 6.07) is 11.7. The van der Waals surface area contributed by atoms with E-state index in [-0.39, 0.29) is 17.9 Å². The topological polar surface area (TPSA) is 72.9 Å². The SMILES string of the molecule is COCCC(=O)N[C@@H](c1ccccn1)[C@@H]1CCCN(Cc2cccc(OC)c2OC)C1. The molecular weight excluding hydrogens is 394 g/mol. The van der Waals surface area contributed by atoms with Crippen LogP contribution in [0, 0.1) is 5.92 Å². The molecule has 1 aliphatic rings. The monoisotopic (exact) mass is 427 g/mol. The van der Waals surface area contributed by atoms with Crippen LogP contribution in [0.1, 0.15) is 36.6 Å². The number of benzene rings is 1. The van der Waals surface area contributed by atoms with Crippen molar-refractivity contribution in [1.82, 2.24) is 15.2 Å². The van der Waals surface area contributed by atoms with Gasteiger partial charge in [-0.15, -0.1) is 0 Å². The Morgan fingerprint density at radius 2 is 2.06 bits per heavy atom. The van der Waals surface area contributed by atoms with E-state index in [1.807, 2.05) is 30.3 Å². The van der Waals surface area contributed by atoms with Gasteiger partial charge in [-0.3, -0.25) is 14.7 Å². The van der Waals surface area contributed by atoms with E-state index in [4.69, 9.17) is 14.2 Å². The van der Waals surface area contributed by atoms with E-state index in [1.165, 1.54) is 0 Å². The van der Waals surface area contributed by atoms with Crippen molar-refractivity contribution in [3.05, 3.63) is 53.9 Å². The van der Waals surface area contributed by atoms with Crippen molar-refractivity contribution in [1.29, 1.82) is 0 Å². The minimum atomic E-state index is -0.124. The highest BCUT2D eigenvalue weighted by Crippen LogP contribution is 2.34. The lowest BCUT2D eigenvalue weighted by Gasteiger charge is -2.37. The molecule has 1 aromatic carbocycles. The molecule has 0 saturated carbocycles. The van der Waals surface area contributed by atoms with E-state index in [1.54, 1.807) is 27.5 Å². The summed E-state index contributed by atoms with van der Waals surface area (Å²) in [5.41, 5.74) is 2.00. The largest absolute Gasteiger partial charge is 0.493 e. The molecule has 0 spiro atoms. The highest BCUT2D eigenvalue weighted by atomic mass is 16.5. The number of hydrogen-bond donors (Lipinski definition) is 1. The molecule has 0 radical (unpaired) electrons. The van der Waals surface area contributed by atoms with Gasteiger partial charge in [0.15, 0.2) is 11.5 Å². The number of carbonyl (C=O) groups is 1. The quantitative estimate of drug-likeness (QED) is 0.628. The third-order valence-corrected chi connectivity index (χ3v) is 5.75. The van der Waals surface area contributed by atoms with Crippen LogP contribution in [0.5, 0.6) is 11.5 Å². The van der Waals surface area contributed by atoms with Gasteiger partial charge in [-0.2, -0.15) is 0 Å². The van der Waals surface area contributed by atoms with E-state index in [9.17, 15) is 4.79 Å². The van der Waals surface area contributed by atoms with Gasteiger partial charge in [0.25, 0.3) is 0 Å². The molecule has 2 aromatic rings. The lowest BCUT2D eigenvalue weighted by molar-refractivity contribution is -0.123. The minimum absolute atomic E-state index is 0.0101. The smallest absolute Gasteiger partial charge is 0.222 e. The molecule has 0 aliphatic carbocycles. The molecule has 1 aromatic heterocycles. The Morgan fingerprint density at radius 3 is 2.77 bits per heavy atom. The summed E-state index contributed by atoms with van der Waals surface area (Å²) < 4.78 is 16.1. The highest BCUT2D eigenvalue weighted by Gasteiger charge is 2.30. The summed E-state index contributed by atoms with van der Waals surface area (Å²) in [6.45, 7) is 3.05. The molecule has 7 heteroatoms. The fourth-order valence-corrected chi connectivity index (χ4v) is 4.26. The zero-order valence-electron chi connectivity index (χ0n) is 18.7. The number of likely N-dealkylation sites (tertiary alicyclic amines) is 1. The van der Waals surface area contributed by atoms with Crippen molar-refractivity contribution in [2.75, 3.05) is 41.0 Å². The van der Waals surface area contributed by atoms with Gasteiger partial charge < -0.3 is 19.5 Å². The average molecular weight is 428 g/mol. The molecule has 2 atom stereocenters. The van der Waals surface area contributed by atoms with Crippen LogP contribution < -0.4 is 14.8 Å². The predicted octanol–water partition coefficient (Wildman–Crippen LogP) is 3.20. The number of carbonyl (C=O) groups excluding carboxylic acids is 1. The van der Waals surface area contributed by atoms with E-state index < -0.39 is 0 Å². The molecule has 1 aliphatic heterocycles. The van der Waals surface area contributed by atoms with Crippen molar-refractivity contribution >= 4 is 5.91 Å². The zero-order valence-corrected chi connectivity index (χ0v) is 18.7. The van der Waals surface area contributed by atoms with Crippen molar-refractivity contribution in [3.8, 4) is 11.5 Å². The Morgan fingerprint density at radius 1 is 1.19 bits per heavy atom. The number of aromatic nitrogens is 1. The molecular formula is C24H33N3O4. The van der Waals surface area contributed by atoms with Gasteiger partial charge in [-0.05, 0) is 43.5 Å². The maximum absolute atomic E-state index is 12.5. The summed E-state index contributed by atoms with van der Waals surface area (Å²) in [5.74, 6) is 1.78. The van der Waals surface area contributed by atoms with Gasteiger partial charge in [-0.25, -0.2) is 0 Å². The van der Waals surface area contributed by atoms with Crippen molar-refractivity contribution in [2.45, 2.75) is 31.8 Å². The Labute approximate surface area is 184 Å². The van der Waals surface area contributed by atoms with Crippen LogP contribution in [-0.4, -0.2) is 56.8 Å². The van der Waals surface area contributed by atoms with Crippen molar-refractivity contribution in [2.24, 2.45) is 5.92 Å². The molecule has 168 valence electrons. The third-order valence-electron chi connectivity index (χ3n) is 5.75. The van der Waals surface area contributed by atoms with Gasteiger partial charge in [0.2, 0.25) is 5.91 Å². The number of methoxy groups -OCH3 is 3. The molecule has 31 heavy (non-hydrogen) atoms. The van der Waals surface area contributed by atoms with Crippen LogP contribution in [0.15, 0.2) is 42.6 Å². The van der Waals surface area contributed by atoms with Crippen LogP contribution in [0.4, 0.5) is 0 Å². The van der Waals surface area contributed by atoms with Crippen LogP contribution in [0.2, 0.25) is 0 Å². The summed E-state index contributed by atoms with van der Waals surface area (Å²) in [5, 5.41) is 3.21. The number of nitrogens with one attached hydrogen (secondary N) is 1. The average Bonchev–Trinajstić information content (AvgIpc) is 2.81. The van der Waals surface area contributed by atoms with Crippen LogP contribution in [0.25, 0.3) is 0 Å². The number of amides is 1. The van der Waals surface area contributed by atoms with Crippen molar-refractivity contribution in [3.63, 3.8) is 0 Å². The standard InChI is InChI=1S/C24H33N3O4/c1-29-15-12-22(28)26-23(20-10-4-5-13-25-20)18-9-7-14-27(16-18)17-19-8-6-11-21(30-2)24(19)31-3/h4-6,8,10-11,13,18,23H,7,9,12,14-17H2,1-3H3,(H,26,28)/t18-,23-/m1/s1. The minimum Gasteiger partial charge on any atom is -0.493 e. The Kier molecular flexibility index (Phi) is 8.67. The number of rotatable bonds is 10. The first kappa shape index (κ1) is 23.0. The molecule has 1 amide bonds. The normalized spacial score (nSPS) is 17.7. The van der Waals surface area contributed by atoms with Gasteiger partial charge in [0, 0.05) is 38.4 Å². The first-order valence-electron chi connectivity index (χ1n) is 10.8. The lowest BCUT2D eigenvalue weighted by atomic mass is 9.88. The molecule has 1 saturated heterocycles. The first-order valence-corrected chi connectivity index (χ1v) is 10.8. The number of nitrogens with zero attached hydrogens (tertiary/aromatic N) is 2. The molecule has 0 bridgehead atoms. The van der Waals surface area contributed by atoms with E-state index >= 15 is 0 Å². The highest BCUT2D eigenvalue weighted by molar-refractivity contribution is 5.76. The number of hydrogen-bond acceptors (Lipinski definition) is 6. The fraction of sp³-hybridized carbons (Fsp3) is 0.500. The van der Waals surface area contributed by atoms with E-state index in [2.05, 4.69) is 21.3 Å². The number of piperidine rings is 1. The maximum atomic E-state index is 12.5. The van der Waals surface area contributed by atoms with E-state index in [0.717, 1.165) is 55.2 Å². The molecule has 2 heterocycles. The van der Waals surface area contributed by atoms with Gasteiger partial charge >= 0.3 is 0 Å². The lowest BCUT2D eigenvalue weighted by Crippen LogP contribution is -2.43. The summed E-state index contributed by atoms with van der Waals surface area (Å²) in [4.78, 5) is 19.5. The Hall–Kier alpha value is -2.64. The van der Waals surface area contributed by atoms with Gasteiger partial charge in [0.05, 0.1) is 32.6 Å². The van der Waals surface area contributed by atoms with E-state index in [0.29, 0.717) is 13.0 Å². The molecule has 0 unspecified atom stereocenters. The second kappa shape index (κ2) is 11.7. The number of ether oxygens (including phenoxy) is 3. The molecule has 3 rings (SSSR count). The predicted molar refractivity (Wildman–Crippen MR) is 119 cm³/mol. The summed E-state index contributed by atoms with van der Waals surface area (Å²) >= 11 is 0. The fourth-order valence-electron chi connectivity index (χ4n) is 4.26. The first-order chi connectivity index (χ1) is 15.2. The molecule has 1 fully saturated rings. The van der Waals surface area contributed by atoms with Gasteiger partial charge in [0.1, 0.15) is 0 Å². The van der Waals surface area contributed by atoms with Crippen LogP contribution in [0.3, 0.4) is 0 Å². The van der Waals surface area contributed by atoms with Crippen LogP contribution >= 0.6 is 0 Å². The Bertz CT molecular complexity index is 831. The maximum Gasteiger partial charge on any atom is 0.222 e. The summed E-state index contributed by atoms with van der Waals surface area (Å²) in [6.07, 6.45) is 4.23. The number of pyridine rings is 1. The van der Waals surface area contributed by atoms with Crippen molar-refractivity contribution < 1.29 is 19.0 Å². The second-order valence-electron chi connectivity index (χ2n) is 7.83. The van der Waals surface area contributed by atoms with Gasteiger partial charge in [-0.1, -0.05) is 18.2 Å². The number of para-hydroxylation sites is 1. The second-order valence-corrected chi connectivity index (χ2v) is 7.83. The molecule has 1 N–H and O–H groups in total. The Balaban J connectivity index is 1.75. The van der Waals surface area contributed by atoms with Crippen LogP contribution in [-0.2, 0) is 16.1 Å². The summed E-state index contributed by atoms with van der Waals surface area (Å²) in [7, 11) is 4.94. The zero-order chi connectivity index (χ0) is 22.1.